The Balaban J connectivity index is 1.75. The van der Waals surface area contributed by atoms with E-state index in [1.54, 1.807) is 30.3 Å². The van der Waals surface area contributed by atoms with Crippen LogP contribution in [0.3, 0.4) is 0 Å². The molecule has 0 saturated carbocycles. The molecule has 138 valence electrons. The molecule has 1 aromatic heterocycles. The minimum absolute atomic E-state index is 0.302. The number of hydrogen-bond acceptors (Lipinski definition) is 6. The summed E-state index contributed by atoms with van der Waals surface area (Å²) in [5, 5.41) is 10.2. The van der Waals surface area contributed by atoms with Gasteiger partial charge in [-0.05, 0) is 19.1 Å². The molecule has 0 amide bonds. The van der Waals surface area contributed by atoms with Gasteiger partial charge >= 0.3 is 11.7 Å². The van der Waals surface area contributed by atoms with Gasteiger partial charge in [-0.1, -0.05) is 18.2 Å². The Morgan fingerprint density at radius 1 is 1.35 bits per heavy atom. The molecule has 1 aliphatic heterocycles. The van der Waals surface area contributed by atoms with Crippen LogP contribution in [0.25, 0.3) is 0 Å². The van der Waals surface area contributed by atoms with Gasteiger partial charge in [-0.2, -0.15) is 0 Å². The van der Waals surface area contributed by atoms with Crippen molar-refractivity contribution in [2.45, 2.75) is 31.0 Å². The topological polar surface area (TPSA) is 111 Å². The molecule has 1 saturated heterocycles. The van der Waals surface area contributed by atoms with Crippen molar-refractivity contribution in [2.24, 2.45) is 0 Å². The molecule has 4 atom stereocenters. The van der Waals surface area contributed by atoms with Crippen LogP contribution in [0, 0.1) is 0 Å². The van der Waals surface area contributed by atoms with Crippen molar-refractivity contribution in [3.05, 3.63) is 69.0 Å². The summed E-state index contributed by atoms with van der Waals surface area (Å²) in [6.45, 7) is 0.669. The Kier molecular flexibility index (Phi) is 4.75. The van der Waals surface area contributed by atoms with Gasteiger partial charge in [-0.15, -0.1) is 0 Å². The number of ether oxygens (including phenoxy) is 2. The summed E-state index contributed by atoms with van der Waals surface area (Å²) in [4.78, 5) is 37.0. The van der Waals surface area contributed by atoms with Crippen LogP contribution in [-0.4, -0.2) is 45.1 Å². The number of hydrogen-bond donors (Lipinski definition) is 2. The molecule has 3 rings (SSSR count). The number of aliphatic hydroxyl groups is 1. The summed E-state index contributed by atoms with van der Waals surface area (Å²) in [5.41, 5.74) is -3.55. The zero-order valence-corrected chi connectivity index (χ0v) is 13.8. The van der Waals surface area contributed by atoms with Gasteiger partial charge in [0.25, 0.3) is 5.56 Å². The minimum atomic E-state index is -2.34. The van der Waals surface area contributed by atoms with Crippen LogP contribution in [0.15, 0.2) is 52.2 Å². The molecule has 0 aliphatic carbocycles. The Hall–Kier alpha value is -2.78. The number of carbonyl (C=O) groups excluding carboxylic acids is 1. The number of aromatic amines is 1. The van der Waals surface area contributed by atoms with E-state index in [0.29, 0.717) is 5.56 Å². The molecule has 9 heteroatoms. The third-order valence-corrected chi connectivity index (χ3v) is 4.21. The number of aromatic nitrogens is 2. The maximum Gasteiger partial charge on any atom is 0.338 e. The molecular formula is C17H17FN2O6. The quantitative estimate of drug-likeness (QED) is 0.759. The lowest BCUT2D eigenvalue weighted by molar-refractivity contribution is -0.0646. The van der Waals surface area contributed by atoms with Crippen molar-refractivity contribution >= 4 is 5.97 Å². The van der Waals surface area contributed by atoms with Gasteiger partial charge in [0.15, 0.2) is 11.9 Å². The molecule has 1 aromatic carbocycles. The largest absolute Gasteiger partial charge is 0.459 e. The summed E-state index contributed by atoms with van der Waals surface area (Å²) < 4.78 is 26.3. The van der Waals surface area contributed by atoms with E-state index in [1.807, 2.05) is 4.98 Å². The molecule has 2 N–H and O–H groups in total. The average molecular weight is 364 g/mol. The van der Waals surface area contributed by atoms with E-state index in [4.69, 9.17) is 9.47 Å². The van der Waals surface area contributed by atoms with E-state index in [0.717, 1.165) is 23.8 Å². The number of aliphatic hydroxyl groups excluding tert-OH is 1. The van der Waals surface area contributed by atoms with Gasteiger partial charge in [0.2, 0.25) is 0 Å². The maximum absolute atomic E-state index is 15.0. The highest BCUT2D eigenvalue weighted by atomic mass is 19.1. The van der Waals surface area contributed by atoms with Gasteiger partial charge in [0.05, 0.1) is 5.56 Å². The molecule has 8 nitrogen and oxygen atoms in total. The monoisotopic (exact) mass is 364 g/mol. The van der Waals surface area contributed by atoms with Crippen molar-refractivity contribution in [3.8, 4) is 0 Å². The average Bonchev–Trinajstić information content (AvgIpc) is 2.84. The first-order valence-electron chi connectivity index (χ1n) is 7.87. The molecule has 0 bridgehead atoms. The van der Waals surface area contributed by atoms with Crippen LogP contribution in [0.1, 0.15) is 23.5 Å². The number of nitrogens with one attached hydrogen (secondary N) is 1. The number of carbonyl (C=O) groups is 1. The second-order valence-electron chi connectivity index (χ2n) is 6.10. The first-order valence-corrected chi connectivity index (χ1v) is 7.87. The van der Waals surface area contributed by atoms with Gasteiger partial charge in [0, 0.05) is 12.3 Å². The zero-order valence-electron chi connectivity index (χ0n) is 13.8. The second-order valence-corrected chi connectivity index (χ2v) is 6.10. The Morgan fingerprint density at radius 2 is 2.04 bits per heavy atom. The summed E-state index contributed by atoms with van der Waals surface area (Å²) in [7, 11) is 0. The number of halogens is 1. The van der Waals surface area contributed by atoms with Crippen LogP contribution in [0.2, 0.25) is 0 Å². The van der Waals surface area contributed by atoms with E-state index < -0.39 is 47.9 Å². The Bertz CT molecular complexity index is 907. The highest BCUT2D eigenvalue weighted by Crippen LogP contribution is 2.40. The summed E-state index contributed by atoms with van der Waals surface area (Å²) in [6.07, 6.45) is -3.23. The number of rotatable bonds is 4. The van der Waals surface area contributed by atoms with Gasteiger partial charge < -0.3 is 14.6 Å². The number of benzene rings is 1. The third kappa shape index (κ3) is 3.31. The van der Waals surface area contributed by atoms with Gasteiger partial charge in [0.1, 0.15) is 18.8 Å². The number of nitrogens with zero attached hydrogens (tertiary/aromatic N) is 1. The van der Waals surface area contributed by atoms with Crippen molar-refractivity contribution in [1.82, 2.24) is 9.55 Å². The van der Waals surface area contributed by atoms with Crippen LogP contribution < -0.4 is 11.2 Å². The fourth-order valence-corrected chi connectivity index (χ4v) is 2.78. The first-order chi connectivity index (χ1) is 12.3. The number of H-pyrrole nitrogens is 1. The highest BCUT2D eigenvalue weighted by Gasteiger charge is 2.55. The molecule has 0 radical (unpaired) electrons. The van der Waals surface area contributed by atoms with Crippen LogP contribution in [0.4, 0.5) is 4.39 Å². The van der Waals surface area contributed by atoms with Crippen LogP contribution in [-0.2, 0) is 9.47 Å². The molecule has 0 unspecified atom stereocenters. The number of esters is 1. The second kappa shape index (κ2) is 6.85. The fourth-order valence-electron chi connectivity index (χ4n) is 2.78. The van der Waals surface area contributed by atoms with E-state index in [-0.39, 0.29) is 0 Å². The molecule has 1 fully saturated rings. The van der Waals surface area contributed by atoms with E-state index in [9.17, 15) is 23.9 Å². The highest BCUT2D eigenvalue weighted by molar-refractivity contribution is 5.89. The molecule has 1 aliphatic rings. The minimum Gasteiger partial charge on any atom is -0.459 e. The Morgan fingerprint density at radius 3 is 2.69 bits per heavy atom. The maximum atomic E-state index is 15.0. The molecular weight excluding hydrogens is 347 g/mol. The van der Waals surface area contributed by atoms with E-state index in [1.165, 1.54) is 0 Å². The molecule has 26 heavy (non-hydrogen) atoms. The molecule has 2 heterocycles. The van der Waals surface area contributed by atoms with Crippen molar-refractivity contribution < 1.29 is 23.8 Å². The smallest absolute Gasteiger partial charge is 0.338 e. The lowest BCUT2D eigenvalue weighted by atomic mass is 9.98. The van der Waals surface area contributed by atoms with Crippen molar-refractivity contribution in [1.29, 1.82) is 0 Å². The van der Waals surface area contributed by atoms with Crippen molar-refractivity contribution in [3.63, 3.8) is 0 Å². The van der Waals surface area contributed by atoms with Gasteiger partial charge in [-0.25, -0.2) is 14.0 Å². The SMILES string of the molecule is C[C@@]1(F)[C@@H](n2ccc(=O)[nH]c2=O)O[C@@H](COC(=O)c2ccccc2)[C@@H]1O. The van der Waals surface area contributed by atoms with Crippen molar-refractivity contribution in [2.75, 3.05) is 6.61 Å². The van der Waals surface area contributed by atoms with Crippen LogP contribution >= 0.6 is 0 Å². The lowest BCUT2D eigenvalue weighted by Gasteiger charge is -2.24. The van der Waals surface area contributed by atoms with Gasteiger partial charge in [-0.3, -0.25) is 14.3 Å². The third-order valence-electron chi connectivity index (χ3n) is 4.21. The predicted molar refractivity (Wildman–Crippen MR) is 87.5 cm³/mol. The van der Waals surface area contributed by atoms with E-state index >= 15 is 0 Å². The summed E-state index contributed by atoms with van der Waals surface area (Å²) in [6, 6.07) is 9.20. The first kappa shape index (κ1) is 18.0. The summed E-state index contributed by atoms with van der Waals surface area (Å²) in [5.74, 6) is -0.647. The van der Waals surface area contributed by atoms with Crippen LogP contribution in [0.5, 0.6) is 0 Å². The van der Waals surface area contributed by atoms with E-state index in [2.05, 4.69) is 0 Å². The summed E-state index contributed by atoms with van der Waals surface area (Å²) >= 11 is 0. The molecule has 2 aromatic rings. The normalized spacial score (nSPS) is 28.0. The standard InChI is InChI=1S/C17H17FN2O6/c1-17(18)13(22)11(9-25-14(23)10-5-3-2-4-6-10)26-15(17)20-8-7-12(21)19-16(20)24/h2-8,11,13,15,22H,9H2,1H3,(H,19,21,24)/t11-,13-,15-,17-/m0/s1. The molecule has 0 spiro atoms. The Labute approximate surface area is 146 Å². The lowest BCUT2D eigenvalue weighted by Crippen LogP contribution is -2.43. The predicted octanol–water partition coefficient (Wildman–Crippen LogP) is 0.380. The number of alkyl halides is 1. The fraction of sp³-hybridized carbons (Fsp3) is 0.353. The zero-order chi connectivity index (χ0) is 18.9.